The van der Waals surface area contributed by atoms with E-state index in [-0.39, 0.29) is 0 Å². The zero-order valence-corrected chi connectivity index (χ0v) is 17.7. The smallest absolute Gasteiger partial charge is 0.419 e. The average Bonchev–Trinajstić information content (AvgIpc) is 3.10. The van der Waals surface area contributed by atoms with Gasteiger partial charge in [0.25, 0.3) is 5.91 Å². The van der Waals surface area contributed by atoms with Gasteiger partial charge in [-0.1, -0.05) is 50.2 Å². The van der Waals surface area contributed by atoms with Gasteiger partial charge in [-0.2, -0.15) is 0 Å². The van der Waals surface area contributed by atoms with Gasteiger partial charge in [0.05, 0.1) is 17.6 Å². The molecular weight excluding hydrogens is 419 g/mol. The van der Waals surface area contributed by atoms with Crippen molar-refractivity contribution in [1.29, 1.82) is 0 Å². The van der Waals surface area contributed by atoms with Crippen LogP contribution in [0.1, 0.15) is 13.8 Å². The van der Waals surface area contributed by atoms with Gasteiger partial charge < -0.3 is 14.7 Å². The Morgan fingerprint density at radius 3 is 1.97 bits per heavy atom. The Morgan fingerprint density at radius 2 is 1.50 bits per heavy atom. The van der Waals surface area contributed by atoms with E-state index in [1.807, 2.05) is 24.3 Å². The van der Waals surface area contributed by atoms with Crippen LogP contribution in [0.3, 0.4) is 0 Å². The number of hydrogen-bond acceptors (Lipinski definition) is 5. The van der Waals surface area contributed by atoms with Gasteiger partial charge in [-0.25, -0.2) is 13.8 Å². The molecule has 1 unspecified atom stereocenters. The molecule has 0 saturated heterocycles. The van der Waals surface area contributed by atoms with E-state index in [0.29, 0.717) is 15.9 Å². The van der Waals surface area contributed by atoms with Crippen LogP contribution in [0.5, 0.6) is 0 Å². The van der Waals surface area contributed by atoms with E-state index in [2.05, 4.69) is 0 Å². The van der Waals surface area contributed by atoms with Gasteiger partial charge in [0, 0.05) is 10.8 Å². The minimum atomic E-state index is -1.37. The number of fused-ring (bicyclic) bond motifs is 3. The van der Waals surface area contributed by atoms with Crippen molar-refractivity contribution in [2.75, 3.05) is 19.8 Å². The second-order valence-electron chi connectivity index (χ2n) is 7.68. The number of ether oxygens (including phenoxy) is 1. The van der Waals surface area contributed by atoms with Gasteiger partial charge in [-0.15, -0.1) is 0 Å². The van der Waals surface area contributed by atoms with Crippen LogP contribution >= 0.6 is 0 Å². The quantitative estimate of drug-likeness (QED) is 0.574. The Bertz CT molecular complexity index is 1130. The molecule has 0 aliphatic rings. The molecule has 3 rings (SSSR count). The van der Waals surface area contributed by atoms with Gasteiger partial charge in [-0.3, -0.25) is 14.4 Å². The highest BCUT2D eigenvalue weighted by molar-refractivity contribution is 6.12. The van der Waals surface area contributed by atoms with Crippen LogP contribution in [0.4, 0.5) is 9.18 Å². The highest BCUT2D eigenvalue weighted by Gasteiger charge is 2.33. The van der Waals surface area contributed by atoms with Crippen molar-refractivity contribution >= 4 is 45.6 Å². The largest absolute Gasteiger partial charge is 0.480 e. The first-order valence-corrected chi connectivity index (χ1v) is 10.0. The monoisotopic (exact) mass is 442 g/mol. The third-order valence-electron chi connectivity index (χ3n) is 4.99. The molecule has 0 radical (unpaired) electrons. The maximum absolute atomic E-state index is 13.2. The van der Waals surface area contributed by atoms with Crippen LogP contribution in [0.15, 0.2) is 48.5 Å². The number of carboxylic acids is 1. The van der Waals surface area contributed by atoms with Gasteiger partial charge >= 0.3 is 12.1 Å². The first kappa shape index (κ1) is 22.9. The van der Waals surface area contributed by atoms with E-state index in [4.69, 9.17) is 9.84 Å². The topological polar surface area (TPSA) is 106 Å². The maximum Gasteiger partial charge on any atom is 0.419 e. The van der Waals surface area contributed by atoms with Crippen LogP contribution in [0.25, 0.3) is 21.8 Å². The molecule has 2 aromatic carbocycles. The molecule has 1 amide bonds. The van der Waals surface area contributed by atoms with Crippen LogP contribution in [0.2, 0.25) is 0 Å². The summed E-state index contributed by atoms with van der Waals surface area (Å²) in [5.74, 6) is -3.73. The molecule has 32 heavy (non-hydrogen) atoms. The van der Waals surface area contributed by atoms with Crippen molar-refractivity contribution in [3.05, 3.63) is 48.5 Å². The number of para-hydroxylation sites is 2. The van der Waals surface area contributed by atoms with Gasteiger partial charge in [0.1, 0.15) is 13.2 Å². The van der Waals surface area contributed by atoms with Crippen LogP contribution in [0, 0.1) is 5.92 Å². The molecule has 0 aliphatic carbocycles. The lowest BCUT2D eigenvalue weighted by molar-refractivity contribution is -0.151. The molecule has 0 spiro atoms. The summed E-state index contributed by atoms with van der Waals surface area (Å²) in [6.45, 7) is 0.366. The molecule has 3 aromatic rings. The zero-order valence-electron chi connectivity index (χ0n) is 17.7. The predicted molar refractivity (Wildman–Crippen MR) is 115 cm³/mol. The van der Waals surface area contributed by atoms with Crippen molar-refractivity contribution in [3.63, 3.8) is 0 Å². The second kappa shape index (κ2) is 9.59. The molecule has 0 bridgehead atoms. The number of ketones is 1. The van der Waals surface area contributed by atoms with Crippen LogP contribution < -0.4 is 0 Å². The SMILES string of the molecule is CC(C)C(OC(=O)n1c2ccccc2c2ccccc21)C(=O)N(CC(=O)O)CC(=O)CF. The number of halogens is 1. The van der Waals surface area contributed by atoms with Gasteiger partial charge in [-0.05, 0) is 18.1 Å². The van der Waals surface area contributed by atoms with E-state index >= 15 is 0 Å². The number of nitrogens with zero attached hydrogens (tertiary/aromatic N) is 2. The fraction of sp³-hybridized carbons (Fsp3) is 0.304. The van der Waals surface area contributed by atoms with E-state index in [0.717, 1.165) is 10.8 Å². The summed E-state index contributed by atoms with van der Waals surface area (Å²) in [4.78, 5) is 49.6. The summed E-state index contributed by atoms with van der Waals surface area (Å²) >= 11 is 0. The summed E-state index contributed by atoms with van der Waals surface area (Å²) in [7, 11) is 0. The number of hydrogen-bond donors (Lipinski definition) is 1. The molecule has 1 N–H and O–H groups in total. The Balaban J connectivity index is 1.97. The number of rotatable bonds is 8. The Hall–Kier alpha value is -3.75. The molecule has 1 atom stereocenters. The number of carbonyl (C=O) groups excluding carboxylic acids is 3. The van der Waals surface area contributed by atoms with E-state index in [1.54, 1.807) is 38.1 Å². The molecule has 0 fully saturated rings. The number of Topliss-reactive ketones (excluding diaryl/α,β-unsaturated/α-hetero) is 1. The lowest BCUT2D eigenvalue weighted by Crippen LogP contribution is -2.48. The first-order chi connectivity index (χ1) is 15.2. The number of aliphatic carboxylic acids is 1. The summed E-state index contributed by atoms with van der Waals surface area (Å²) in [6, 6.07) is 14.5. The fourth-order valence-corrected chi connectivity index (χ4v) is 3.56. The normalized spacial score (nSPS) is 12.1. The molecule has 1 aromatic heterocycles. The van der Waals surface area contributed by atoms with Crippen molar-refractivity contribution in [3.8, 4) is 0 Å². The predicted octanol–water partition coefficient (Wildman–Crippen LogP) is 3.26. The highest BCUT2D eigenvalue weighted by Crippen LogP contribution is 2.29. The van der Waals surface area contributed by atoms with Crippen LogP contribution in [-0.2, 0) is 19.1 Å². The van der Waals surface area contributed by atoms with E-state index in [1.165, 1.54) is 4.57 Å². The summed E-state index contributed by atoms with van der Waals surface area (Å²) in [5.41, 5.74) is 1.17. The zero-order chi connectivity index (χ0) is 23.4. The summed E-state index contributed by atoms with van der Waals surface area (Å²) in [5, 5.41) is 10.8. The average molecular weight is 442 g/mol. The lowest BCUT2D eigenvalue weighted by Gasteiger charge is -2.27. The molecule has 8 nitrogen and oxygen atoms in total. The fourth-order valence-electron chi connectivity index (χ4n) is 3.56. The Kier molecular flexibility index (Phi) is 6.87. The molecule has 168 valence electrons. The molecular formula is C23H23FN2O6. The number of carboxylic acid groups (broad SMARTS) is 1. The standard InChI is InChI=1S/C23H23FN2O6/c1-14(2)21(22(30)25(13-20(28)29)12-15(27)11-24)32-23(31)26-18-9-5-3-7-16(18)17-8-4-6-10-19(17)26/h3-10,14,21H,11-13H2,1-2H3,(H,28,29). The highest BCUT2D eigenvalue weighted by atomic mass is 19.1. The Labute approximate surface area is 183 Å². The summed E-state index contributed by atoms with van der Waals surface area (Å²) < 4.78 is 19.6. The van der Waals surface area contributed by atoms with Crippen molar-refractivity contribution in [2.45, 2.75) is 20.0 Å². The first-order valence-electron chi connectivity index (χ1n) is 10.0. The molecule has 0 aliphatic heterocycles. The number of benzene rings is 2. The van der Waals surface area contributed by atoms with E-state index < -0.39 is 55.5 Å². The third-order valence-corrected chi connectivity index (χ3v) is 4.99. The number of alkyl halides is 1. The lowest BCUT2D eigenvalue weighted by atomic mass is 10.1. The van der Waals surface area contributed by atoms with Crippen LogP contribution in [-0.4, -0.2) is 64.2 Å². The minimum Gasteiger partial charge on any atom is -0.480 e. The number of aromatic nitrogens is 1. The van der Waals surface area contributed by atoms with Gasteiger partial charge in [0.2, 0.25) is 0 Å². The molecule has 0 saturated carbocycles. The minimum absolute atomic E-state index is 0.531. The number of carbonyl (C=O) groups is 4. The summed E-state index contributed by atoms with van der Waals surface area (Å²) in [6.07, 6.45) is -2.18. The molecule has 1 heterocycles. The molecule has 9 heteroatoms. The third kappa shape index (κ3) is 4.61. The Morgan fingerprint density at radius 1 is 0.969 bits per heavy atom. The van der Waals surface area contributed by atoms with Crippen molar-refractivity contribution in [1.82, 2.24) is 9.47 Å². The van der Waals surface area contributed by atoms with E-state index in [9.17, 15) is 23.6 Å². The van der Waals surface area contributed by atoms with Crippen molar-refractivity contribution in [2.24, 2.45) is 5.92 Å². The van der Waals surface area contributed by atoms with Gasteiger partial charge in [0.15, 0.2) is 11.9 Å². The second-order valence-corrected chi connectivity index (χ2v) is 7.68. The number of amides is 1. The van der Waals surface area contributed by atoms with Crippen molar-refractivity contribution < 1.29 is 33.4 Å². The maximum atomic E-state index is 13.2.